The van der Waals surface area contributed by atoms with Crippen molar-refractivity contribution in [3.63, 3.8) is 0 Å². The molecule has 1 fully saturated rings. The number of benzene rings is 1. The Bertz CT molecular complexity index is 827. The third-order valence-corrected chi connectivity index (χ3v) is 5.16. The van der Waals surface area contributed by atoms with E-state index in [0.29, 0.717) is 24.1 Å². The second-order valence-electron chi connectivity index (χ2n) is 6.89. The lowest BCUT2D eigenvalue weighted by atomic mass is 9.99. The van der Waals surface area contributed by atoms with Gasteiger partial charge in [0.2, 0.25) is 6.79 Å². The molecule has 1 aromatic carbocycles. The predicted molar refractivity (Wildman–Crippen MR) is 101 cm³/mol. The zero-order chi connectivity index (χ0) is 18.6. The monoisotopic (exact) mass is 368 g/mol. The maximum absolute atomic E-state index is 12.9. The number of hydrogen-bond acceptors (Lipinski definition) is 6. The molecular weight excluding hydrogens is 344 g/mol. The smallest absolute Gasteiger partial charge is 0.272 e. The van der Waals surface area contributed by atoms with Crippen LogP contribution in [0.1, 0.15) is 48.7 Å². The summed E-state index contributed by atoms with van der Waals surface area (Å²) in [6.07, 6.45) is 5.74. The van der Waals surface area contributed by atoms with E-state index in [1.165, 1.54) is 12.7 Å². The van der Waals surface area contributed by atoms with Crippen molar-refractivity contribution < 1.29 is 14.3 Å². The number of carbonyl (C=O) groups excluding carboxylic acids is 1. The number of nitrogens with zero attached hydrogens (tertiary/aromatic N) is 3. The summed E-state index contributed by atoms with van der Waals surface area (Å²) in [5, 5.41) is 3.26. The number of fused-ring (bicyclic) bond motifs is 1. The molecule has 7 nitrogen and oxygen atoms in total. The lowest BCUT2D eigenvalue weighted by molar-refractivity contribution is 0.0602. The molecule has 1 amide bonds. The van der Waals surface area contributed by atoms with Crippen LogP contribution >= 0.6 is 0 Å². The van der Waals surface area contributed by atoms with Gasteiger partial charge in [-0.15, -0.1) is 0 Å². The molecule has 2 aromatic rings. The van der Waals surface area contributed by atoms with Gasteiger partial charge in [0.25, 0.3) is 5.91 Å². The van der Waals surface area contributed by atoms with Gasteiger partial charge in [0.05, 0.1) is 0 Å². The molecule has 1 aromatic heterocycles. The van der Waals surface area contributed by atoms with Gasteiger partial charge in [0.1, 0.15) is 17.8 Å². The van der Waals surface area contributed by atoms with Crippen molar-refractivity contribution in [1.29, 1.82) is 0 Å². The average molecular weight is 368 g/mol. The number of anilines is 1. The lowest BCUT2D eigenvalue weighted by Crippen LogP contribution is -2.43. The molecule has 7 heteroatoms. The molecular formula is C20H24N4O3. The third kappa shape index (κ3) is 3.82. The van der Waals surface area contributed by atoms with E-state index in [1.54, 1.807) is 6.07 Å². The maximum atomic E-state index is 12.9. The summed E-state index contributed by atoms with van der Waals surface area (Å²) in [5.74, 6) is 2.15. The summed E-state index contributed by atoms with van der Waals surface area (Å²) in [6, 6.07) is 7.87. The van der Waals surface area contributed by atoms with Gasteiger partial charge < -0.3 is 19.7 Å². The van der Waals surface area contributed by atoms with E-state index < -0.39 is 0 Å². The minimum atomic E-state index is -0.00456. The fraction of sp³-hybridized carbons (Fsp3) is 0.450. The Kier molecular flexibility index (Phi) is 5.09. The quantitative estimate of drug-likeness (QED) is 0.873. The maximum Gasteiger partial charge on any atom is 0.272 e. The molecule has 1 unspecified atom stereocenters. The zero-order valence-electron chi connectivity index (χ0n) is 15.5. The van der Waals surface area contributed by atoms with Crippen LogP contribution in [0.5, 0.6) is 11.5 Å². The van der Waals surface area contributed by atoms with Crippen molar-refractivity contribution in [2.75, 3.05) is 18.7 Å². The Hall–Kier alpha value is -2.83. The fourth-order valence-corrected chi connectivity index (χ4v) is 3.65. The standard InChI is InChI=1S/C20H24N4O3/c1-2-15-5-3-4-8-24(15)20(25)16-10-19(23-12-22-16)21-11-14-6-7-17-18(9-14)27-13-26-17/h6-7,9-10,12,15H,2-5,8,11,13H2,1H3,(H,21,22,23). The van der Waals surface area contributed by atoms with Crippen LogP contribution in [0.15, 0.2) is 30.6 Å². The highest BCUT2D eigenvalue weighted by Crippen LogP contribution is 2.32. The van der Waals surface area contributed by atoms with Gasteiger partial charge >= 0.3 is 0 Å². The van der Waals surface area contributed by atoms with E-state index in [0.717, 1.165) is 42.9 Å². The number of hydrogen-bond donors (Lipinski definition) is 1. The van der Waals surface area contributed by atoms with Crippen LogP contribution in [-0.2, 0) is 6.54 Å². The van der Waals surface area contributed by atoms with Crippen molar-refractivity contribution in [1.82, 2.24) is 14.9 Å². The van der Waals surface area contributed by atoms with Crippen LogP contribution in [0, 0.1) is 0 Å². The van der Waals surface area contributed by atoms with Gasteiger partial charge in [-0.05, 0) is 43.4 Å². The van der Waals surface area contributed by atoms with Gasteiger partial charge in [-0.3, -0.25) is 4.79 Å². The molecule has 0 aliphatic carbocycles. The van der Waals surface area contributed by atoms with E-state index in [-0.39, 0.29) is 12.7 Å². The number of aromatic nitrogens is 2. The number of nitrogens with one attached hydrogen (secondary N) is 1. The second kappa shape index (κ2) is 7.82. The molecule has 1 saturated heterocycles. The molecule has 0 radical (unpaired) electrons. The molecule has 2 aliphatic rings. The number of piperidine rings is 1. The van der Waals surface area contributed by atoms with E-state index in [1.807, 2.05) is 23.1 Å². The van der Waals surface area contributed by atoms with E-state index >= 15 is 0 Å². The van der Waals surface area contributed by atoms with Gasteiger partial charge in [0.15, 0.2) is 11.5 Å². The Labute approximate surface area is 158 Å². The largest absolute Gasteiger partial charge is 0.454 e. The van der Waals surface area contributed by atoms with Crippen LogP contribution in [0.3, 0.4) is 0 Å². The number of likely N-dealkylation sites (tertiary alicyclic amines) is 1. The van der Waals surface area contributed by atoms with Crippen molar-refractivity contribution in [2.24, 2.45) is 0 Å². The Morgan fingerprint density at radius 3 is 3.00 bits per heavy atom. The van der Waals surface area contributed by atoms with E-state index in [4.69, 9.17) is 9.47 Å². The van der Waals surface area contributed by atoms with Crippen LogP contribution < -0.4 is 14.8 Å². The van der Waals surface area contributed by atoms with Crippen molar-refractivity contribution in [3.05, 3.63) is 41.9 Å². The molecule has 1 atom stereocenters. The van der Waals surface area contributed by atoms with Crippen LogP contribution in [0.25, 0.3) is 0 Å². The molecule has 3 heterocycles. The van der Waals surface area contributed by atoms with Gasteiger partial charge in [-0.1, -0.05) is 13.0 Å². The number of amides is 1. The second-order valence-corrected chi connectivity index (χ2v) is 6.89. The summed E-state index contributed by atoms with van der Waals surface area (Å²) in [6.45, 7) is 3.78. The topological polar surface area (TPSA) is 76.6 Å². The van der Waals surface area contributed by atoms with E-state index in [9.17, 15) is 4.79 Å². The lowest BCUT2D eigenvalue weighted by Gasteiger charge is -2.35. The summed E-state index contributed by atoms with van der Waals surface area (Å²) in [5.41, 5.74) is 1.49. The fourth-order valence-electron chi connectivity index (χ4n) is 3.65. The van der Waals surface area contributed by atoms with Gasteiger partial charge in [0, 0.05) is 25.2 Å². The summed E-state index contributed by atoms with van der Waals surface area (Å²) >= 11 is 0. The van der Waals surface area contributed by atoms with Crippen molar-refractivity contribution in [3.8, 4) is 11.5 Å². The highest BCUT2D eigenvalue weighted by Gasteiger charge is 2.27. The van der Waals surface area contributed by atoms with E-state index in [2.05, 4.69) is 22.2 Å². The summed E-state index contributed by atoms with van der Waals surface area (Å²) in [4.78, 5) is 23.3. The number of ether oxygens (including phenoxy) is 2. The summed E-state index contributed by atoms with van der Waals surface area (Å²) in [7, 11) is 0. The van der Waals surface area contributed by atoms with Crippen LogP contribution in [-0.4, -0.2) is 40.2 Å². The molecule has 142 valence electrons. The first kappa shape index (κ1) is 17.6. The van der Waals surface area contributed by atoms with Crippen molar-refractivity contribution in [2.45, 2.75) is 45.2 Å². The Balaban J connectivity index is 1.43. The number of rotatable bonds is 5. The minimum Gasteiger partial charge on any atom is -0.454 e. The molecule has 0 saturated carbocycles. The van der Waals surface area contributed by atoms with Crippen LogP contribution in [0.2, 0.25) is 0 Å². The normalized spacial score (nSPS) is 18.4. The highest BCUT2D eigenvalue weighted by molar-refractivity contribution is 5.93. The van der Waals surface area contributed by atoms with Crippen molar-refractivity contribution >= 4 is 11.7 Å². The molecule has 4 rings (SSSR count). The Morgan fingerprint density at radius 2 is 2.11 bits per heavy atom. The molecule has 1 N–H and O–H groups in total. The van der Waals surface area contributed by atoms with Gasteiger partial charge in [-0.25, -0.2) is 9.97 Å². The Morgan fingerprint density at radius 1 is 1.22 bits per heavy atom. The highest BCUT2D eigenvalue weighted by atomic mass is 16.7. The summed E-state index contributed by atoms with van der Waals surface area (Å²) < 4.78 is 10.7. The number of carbonyl (C=O) groups is 1. The first-order chi connectivity index (χ1) is 13.2. The predicted octanol–water partition coefficient (Wildman–Crippen LogP) is 3.22. The average Bonchev–Trinajstić information content (AvgIpc) is 3.20. The molecule has 0 bridgehead atoms. The van der Waals surface area contributed by atoms with Gasteiger partial charge in [-0.2, -0.15) is 0 Å². The third-order valence-electron chi connectivity index (χ3n) is 5.16. The molecule has 27 heavy (non-hydrogen) atoms. The minimum absolute atomic E-state index is 0.00456. The van der Waals surface area contributed by atoms with Crippen LogP contribution in [0.4, 0.5) is 5.82 Å². The first-order valence-electron chi connectivity index (χ1n) is 9.50. The first-order valence-corrected chi connectivity index (χ1v) is 9.50. The molecule has 2 aliphatic heterocycles. The zero-order valence-corrected chi connectivity index (χ0v) is 15.5. The molecule has 0 spiro atoms. The SMILES string of the molecule is CCC1CCCCN1C(=O)c1cc(NCc2ccc3c(c2)OCO3)ncn1.